The van der Waals surface area contributed by atoms with Crippen LogP contribution in [0.3, 0.4) is 0 Å². The van der Waals surface area contributed by atoms with Crippen LogP contribution in [0.15, 0.2) is 0 Å². The molecule has 0 aromatic carbocycles. The van der Waals surface area contributed by atoms with Gasteiger partial charge >= 0.3 is 45.6 Å². The summed E-state index contributed by atoms with van der Waals surface area (Å²) in [7, 11) is -4.64. The van der Waals surface area contributed by atoms with E-state index in [2.05, 4.69) is 0 Å². The Kier molecular flexibility index (Phi) is 14.2. The van der Waals surface area contributed by atoms with Crippen molar-refractivity contribution in [2.24, 2.45) is 0 Å². The largest absolute Gasteiger partial charge is 0 e. The minimum Gasteiger partial charge on any atom is 0 e. The maximum Gasteiger partial charge on any atom is 0 e. The summed E-state index contributed by atoms with van der Waals surface area (Å²) in [5, 5.41) is 0. The summed E-state index contributed by atoms with van der Waals surface area (Å²) in [5.41, 5.74) is 0. The van der Waals surface area contributed by atoms with E-state index >= 15 is 0 Å². The number of hydrogen-bond acceptors (Lipinski definition) is 1. The van der Waals surface area contributed by atoms with E-state index < -0.39 is 7.82 Å². The smallest absolute Gasteiger partial charge is 0 e. The predicted molar refractivity (Wildman–Crippen MR) is 22.8 cm³/mol. The number of rotatable bonds is 0. The van der Waals surface area contributed by atoms with Gasteiger partial charge in [0.25, 0.3) is 0 Å². The van der Waals surface area contributed by atoms with Crippen molar-refractivity contribution in [3.05, 3.63) is 0 Å². The Morgan fingerprint density at radius 1 is 1.14 bits per heavy atom. The van der Waals surface area contributed by atoms with Crippen LogP contribution in [-0.2, 0) is 26.3 Å². The summed E-state index contributed by atoms with van der Waals surface area (Å²) in [6.45, 7) is 0. The third-order valence-corrected chi connectivity index (χ3v) is 0. The first-order valence-corrected chi connectivity index (χ1v) is 2.35. The van der Waals surface area contributed by atoms with Crippen molar-refractivity contribution in [2.75, 3.05) is 0 Å². The molecule has 0 fully saturated rings. The van der Waals surface area contributed by atoms with Crippen LogP contribution in [0.2, 0.25) is 0 Å². The molecule has 0 atom stereocenters. The van der Waals surface area contributed by atoms with Crippen LogP contribution in [0.5, 0.6) is 0 Å². The molecule has 0 aromatic heterocycles. The Morgan fingerprint density at radius 2 is 1.14 bits per heavy atom. The summed E-state index contributed by atoms with van der Waals surface area (Å²) in [5.74, 6) is 0. The Hall–Kier alpha value is 2.08. The monoisotopic (exact) mass is 188 g/mol. The molecule has 0 saturated carbocycles. The van der Waals surface area contributed by atoms with Gasteiger partial charge in [-0.15, -0.1) is 0 Å². The van der Waals surface area contributed by atoms with E-state index in [4.69, 9.17) is 19.2 Å². The van der Waals surface area contributed by atoms with Crippen molar-refractivity contribution in [3.63, 3.8) is 0 Å². The summed E-state index contributed by atoms with van der Waals surface area (Å²) in [6, 6.07) is 0. The first kappa shape index (κ1) is 16.0. The van der Waals surface area contributed by atoms with Crippen LogP contribution in [-0.4, -0.2) is 52.4 Å². The second kappa shape index (κ2) is 6.21. The van der Waals surface area contributed by atoms with Gasteiger partial charge < -0.3 is 14.7 Å². The normalized spacial score (nSPS) is 8.43. The average molecular weight is 188 g/mol. The molecule has 0 spiro atoms. The van der Waals surface area contributed by atoms with Gasteiger partial charge in [0.15, 0.2) is 0 Å². The van der Waals surface area contributed by atoms with Gasteiger partial charge in [0.2, 0.25) is 0 Å². The molecule has 3 N–H and O–H groups in total. The third-order valence-electron chi connectivity index (χ3n) is 0. The van der Waals surface area contributed by atoms with Gasteiger partial charge in [0.1, 0.15) is 0 Å². The van der Waals surface area contributed by atoms with Crippen LogP contribution in [0, 0.1) is 0 Å². The molecule has 0 saturated heterocycles. The molecule has 0 aliphatic carbocycles. The Morgan fingerprint density at radius 3 is 1.14 bits per heavy atom. The number of hydrogen-bond donors (Lipinski definition) is 3. The second-order valence-corrected chi connectivity index (χ2v) is 1.54. The molecule has 4 nitrogen and oxygen atoms in total. The molecule has 40 valence electrons. The maximum atomic E-state index is 8.88. The molecule has 0 heterocycles. The Balaban J connectivity index is -0.0000000800. The Labute approximate surface area is 85.4 Å². The van der Waals surface area contributed by atoms with Gasteiger partial charge in [-0.3, -0.25) is 0 Å². The summed E-state index contributed by atoms with van der Waals surface area (Å²) in [6.07, 6.45) is 0. The molecule has 0 aliphatic heterocycles. The fourth-order valence-electron chi connectivity index (χ4n) is 0. The van der Waals surface area contributed by atoms with Gasteiger partial charge in [-0.05, 0) is 0 Å². The van der Waals surface area contributed by atoms with E-state index in [0.717, 1.165) is 0 Å². The fourth-order valence-corrected chi connectivity index (χ4v) is 0. The van der Waals surface area contributed by atoms with E-state index in [-0.39, 0.29) is 59.5 Å². The van der Waals surface area contributed by atoms with Crippen molar-refractivity contribution >= 4 is 45.6 Å². The zero-order chi connectivity index (χ0) is 4.50. The maximum absolute atomic E-state index is 8.88. The first-order chi connectivity index (χ1) is 2.00. The van der Waals surface area contributed by atoms with Crippen LogP contribution in [0.25, 0.3) is 0 Å². The van der Waals surface area contributed by atoms with Crippen molar-refractivity contribution in [1.29, 1.82) is 0 Å². The van der Waals surface area contributed by atoms with Crippen LogP contribution < -0.4 is 0 Å². The molecule has 7 heavy (non-hydrogen) atoms. The zero-order valence-electron chi connectivity index (χ0n) is 2.70. The molecule has 0 amide bonds. The van der Waals surface area contributed by atoms with E-state index in [1.165, 1.54) is 0 Å². The van der Waals surface area contributed by atoms with Crippen molar-refractivity contribution in [1.82, 2.24) is 0 Å². The standard InChI is InChI=1S/Ca.H3O4P.Ti.2H/c;1-5(2,3)4;;;/h;(H3,1,2,3,4);;;. The van der Waals surface area contributed by atoms with Gasteiger partial charge in [-0.2, -0.15) is 0 Å². The first-order valence-electron chi connectivity index (χ1n) is 0.783. The zero-order valence-corrected chi connectivity index (χ0v) is 5.15. The summed E-state index contributed by atoms with van der Waals surface area (Å²) < 4.78 is 8.88. The molecular formula is H5CaO4PTi. The fraction of sp³-hybridized carbons (Fsp3) is 0. The molecule has 7 heteroatoms. The molecule has 0 rings (SSSR count). The van der Waals surface area contributed by atoms with E-state index in [1.807, 2.05) is 0 Å². The summed E-state index contributed by atoms with van der Waals surface area (Å²) >= 11 is 0. The molecule has 0 aliphatic rings. The molecular weight excluding hydrogens is 183 g/mol. The van der Waals surface area contributed by atoms with Crippen molar-refractivity contribution < 1.29 is 41.0 Å². The van der Waals surface area contributed by atoms with Crippen LogP contribution >= 0.6 is 7.82 Å². The van der Waals surface area contributed by atoms with Crippen LogP contribution in [0.4, 0.5) is 0 Å². The van der Waals surface area contributed by atoms with Crippen molar-refractivity contribution in [2.45, 2.75) is 0 Å². The van der Waals surface area contributed by atoms with E-state index in [1.54, 1.807) is 0 Å². The quantitative estimate of drug-likeness (QED) is 0.308. The summed E-state index contributed by atoms with van der Waals surface area (Å²) in [4.78, 5) is 21.6. The van der Waals surface area contributed by atoms with E-state index in [0.29, 0.717) is 0 Å². The predicted octanol–water partition coefficient (Wildman–Crippen LogP) is -1.85. The molecule has 0 unspecified atom stereocenters. The average Bonchev–Trinajstić information content (AvgIpc) is 0.722. The van der Waals surface area contributed by atoms with Crippen LogP contribution in [0.1, 0.15) is 0 Å². The van der Waals surface area contributed by atoms with Gasteiger partial charge in [0.05, 0.1) is 0 Å². The topological polar surface area (TPSA) is 77.8 Å². The second-order valence-electron chi connectivity index (χ2n) is 0.513. The van der Waals surface area contributed by atoms with Gasteiger partial charge in [-0.1, -0.05) is 0 Å². The van der Waals surface area contributed by atoms with Crippen molar-refractivity contribution in [3.8, 4) is 0 Å². The third kappa shape index (κ3) is 68.9. The minimum atomic E-state index is -4.64. The van der Waals surface area contributed by atoms with E-state index in [9.17, 15) is 0 Å². The SMILES string of the molecule is O=P(O)(O)O.[CaH2].[Ti]. The van der Waals surface area contributed by atoms with Gasteiger partial charge in [-0.25, -0.2) is 4.57 Å². The molecule has 0 bridgehead atoms. The molecule has 0 aromatic rings. The minimum absolute atomic E-state index is 0. The molecule has 0 radical (unpaired) electrons. The Bertz CT molecular complexity index is 57.8. The number of phosphoric acid groups is 1. The van der Waals surface area contributed by atoms with Gasteiger partial charge in [0, 0.05) is 21.7 Å².